The molecular formula is C29H36F4N4O3. The van der Waals surface area contributed by atoms with Crippen molar-refractivity contribution in [1.82, 2.24) is 20.5 Å². The summed E-state index contributed by atoms with van der Waals surface area (Å²) in [6.07, 6.45) is 0.218. The van der Waals surface area contributed by atoms with Crippen LogP contribution in [0.4, 0.5) is 17.6 Å². The normalized spacial score (nSPS) is 20.9. The second-order valence-corrected chi connectivity index (χ2v) is 11.6. The van der Waals surface area contributed by atoms with Crippen LogP contribution in [0.2, 0.25) is 0 Å². The summed E-state index contributed by atoms with van der Waals surface area (Å²) in [7, 11) is 0. The van der Waals surface area contributed by atoms with E-state index in [4.69, 9.17) is 4.74 Å². The molecule has 0 spiro atoms. The van der Waals surface area contributed by atoms with Gasteiger partial charge in [-0.05, 0) is 96.3 Å². The SMILES string of the molecule is CC(C)(CN1CCC(COc2ccc(-c3ccc(C(=O)NC(=O)[C@]4(C)CCCN4)c(F)c3)nc2)CC1)C(F)(F)F. The van der Waals surface area contributed by atoms with Crippen LogP contribution in [0.15, 0.2) is 36.5 Å². The molecule has 4 rings (SSSR count). The number of hydrogen-bond acceptors (Lipinski definition) is 6. The minimum Gasteiger partial charge on any atom is -0.492 e. The van der Waals surface area contributed by atoms with E-state index in [9.17, 15) is 27.2 Å². The Labute approximate surface area is 231 Å². The van der Waals surface area contributed by atoms with E-state index < -0.39 is 34.8 Å². The van der Waals surface area contributed by atoms with Gasteiger partial charge in [0.1, 0.15) is 11.6 Å². The summed E-state index contributed by atoms with van der Waals surface area (Å²) in [6, 6.07) is 7.49. The minimum atomic E-state index is -4.24. The summed E-state index contributed by atoms with van der Waals surface area (Å²) >= 11 is 0. The Morgan fingerprint density at radius 2 is 1.90 bits per heavy atom. The Hall–Kier alpha value is -3.05. The third kappa shape index (κ3) is 6.98. The van der Waals surface area contributed by atoms with E-state index in [-0.39, 0.29) is 18.0 Å². The molecular weight excluding hydrogens is 528 g/mol. The molecule has 1 aromatic heterocycles. The van der Waals surface area contributed by atoms with Crippen molar-refractivity contribution in [2.45, 2.75) is 58.2 Å². The van der Waals surface area contributed by atoms with E-state index in [0.29, 0.717) is 49.7 Å². The van der Waals surface area contributed by atoms with Gasteiger partial charge in [0.2, 0.25) is 5.91 Å². The van der Waals surface area contributed by atoms with Crippen LogP contribution >= 0.6 is 0 Å². The van der Waals surface area contributed by atoms with Crippen molar-refractivity contribution in [2.75, 3.05) is 32.8 Å². The molecule has 11 heteroatoms. The molecule has 3 heterocycles. The number of rotatable bonds is 8. The average Bonchev–Trinajstić information content (AvgIpc) is 3.35. The van der Waals surface area contributed by atoms with Gasteiger partial charge in [0, 0.05) is 12.1 Å². The fourth-order valence-electron chi connectivity index (χ4n) is 5.07. The van der Waals surface area contributed by atoms with Crippen molar-refractivity contribution in [3.63, 3.8) is 0 Å². The van der Waals surface area contributed by atoms with Gasteiger partial charge in [-0.15, -0.1) is 0 Å². The van der Waals surface area contributed by atoms with Crippen molar-refractivity contribution in [1.29, 1.82) is 0 Å². The second kappa shape index (κ2) is 11.8. The monoisotopic (exact) mass is 564 g/mol. The molecule has 2 amide bonds. The first-order valence-corrected chi connectivity index (χ1v) is 13.6. The zero-order chi connectivity index (χ0) is 29.1. The van der Waals surface area contributed by atoms with E-state index >= 15 is 0 Å². The molecule has 0 unspecified atom stereocenters. The molecule has 2 N–H and O–H groups in total. The number of amides is 2. The van der Waals surface area contributed by atoms with Crippen LogP contribution in [0.1, 0.15) is 56.8 Å². The lowest BCUT2D eigenvalue weighted by Gasteiger charge is -2.38. The highest BCUT2D eigenvalue weighted by atomic mass is 19.4. The highest BCUT2D eigenvalue weighted by Gasteiger charge is 2.48. The number of nitrogens with one attached hydrogen (secondary N) is 2. The Morgan fingerprint density at radius 3 is 2.48 bits per heavy atom. The van der Waals surface area contributed by atoms with Crippen LogP contribution in [-0.4, -0.2) is 66.2 Å². The maximum atomic E-state index is 14.8. The standard InChI is InChI=1S/C29H36F4N4O3/c1-27(2,29(31,32)33)18-37-13-9-19(10-14-37)17-40-21-6-8-24(34-16-21)20-5-7-22(23(30)15-20)25(38)36-26(39)28(3)11-4-12-35-28/h5-8,15-16,19,35H,4,9-14,17-18H2,1-3H3,(H,36,38,39)/t28-/m0/s1. The van der Waals surface area contributed by atoms with Gasteiger partial charge in [0.25, 0.3) is 5.91 Å². The number of aromatic nitrogens is 1. The number of pyridine rings is 1. The number of carbonyl (C=O) groups excluding carboxylic acids is 2. The number of carbonyl (C=O) groups is 2. The molecule has 2 saturated heterocycles. The zero-order valence-electron chi connectivity index (χ0n) is 23.0. The molecule has 1 aromatic carbocycles. The molecule has 2 aliphatic rings. The summed E-state index contributed by atoms with van der Waals surface area (Å²) in [6.45, 7) is 6.47. The molecule has 0 saturated carbocycles. The van der Waals surface area contributed by atoms with E-state index in [2.05, 4.69) is 15.6 Å². The number of benzene rings is 1. The number of piperidine rings is 1. The van der Waals surface area contributed by atoms with Gasteiger partial charge in [-0.1, -0.05) is 6.07 Å². The first-order valence-electron chi connectivity index (χ1n) is 13.6. The quantitative estimate of drug-likeness (QED) is 0.348. The highest BCUT2D eigenvalue weighted by Crippen LogP contribution is 2.38. The zero-order valence-corrected chi connectivity index (χ0v) is 23.0. The molecule has 0 radical (unpaired) electrons. The molecule has 0 aliphatic carbocycles. The maximum absolute atomic E-state index is 14.8. The lowest BCUT2D eigenvalue weighted by molar-refractivity contribution is -0.217. The smallest absolute Gasteiger partial charge is 0.395 e. The molecule has 2 aromatic rings. The molecule has 40 heavy (non-hydrogen) atoms. The van der Waals surface area contributed by atoms with Gasteiger partial charge >= 0.3 is 6.18 Å². The van der Waals surface area contributed by atoms with Crippen molar-refractivity contribution in [3.05, 3.63) is 47.9 Å². The summed E-state index contributed by atoms with van der Waals surface area (Å²) < 4.78 is 60.2. The number of imide groups is 1. The Bertz CT molecular complexity index is 1200. The van der Waals surface area contributed by atoms with Crippen LogP contribution in [0.25, 0.3) is 11.3 Å². The van der Waals surface area contributed by atoms with E-state index in [1.165, 1.54) is 32.2 Å². The van der Waals surface area contributed by atoms with Gasteiger partial charge in [-0.3, -0.25) is 19.9 Å². The van der Waals surface area contributed by atoms with Crippen LogP contribution in [0, 0.1) is 17.2 Å². The van der Waals surface area contributed by atoms with Gasteiger partial charge in [0.15, 0.2) is 0 Å². The van der Waals surface area contributed by atoms with Gasteiger partial charge < -0.3 is 15.0 Å². The van der Waals surface area contributed by atoms with Gasteiger partial charge in [-0.25, -0.2) is 4.39 Å². The number of ether oxygens (including phenoxy) is 1. The molecule has 0 bridgehead atoms. The lowest BCUT2D eigenvalue weighted by atomic mass is 9.89. The molecule has 7 nitrogen and oxygen atoms in total. The average molecular weight is 565 g/mol. The topological polar surface area (TPSA) is 83.6 Å². The fraction of sp³-hybridized carbons (Fsp3) is 0.552. The lowest BCUT2D eigenvalue weighted by Crippen LogP contribution is -2.52. The fourth-order valence-corrected chi connectivity index (χ4v) is 5.07. The molecule has 1 atom stereocenters. The third-order valence-corrected chi connectivity index (χ3v) is 7.92. The summed E-state index contributed by atoms with van der Waals surface area (Å²) in [5.41, 5.74) is -1.87. The van der Waals surface area contributed by atoms with E-state index in [1.54, 1.807) is 25.1 Å². The largest absolute Gasteiger partial charge is 0.492 e. The Balaban J connectivity index is 1.27. The van der Waals surface area contributed by atoms with E-state index in [0.717, 1.165) is 19.3 Å². The number of alkyl halides is 3. The molecule has 2 aliphatic heterocycles. The van der Waals surface area contributed by atoms with Crippen LogP contribution in [-0.2, 0) is 4.79 Å². The first kappa shape index (κ1) is 29.9. The maximum Gasteiger partial charge on any atom is 0.395 e. The van der Waals surface area contributed by atoms with Crippen LogP contribution in [0.5, 0.6) is 5.75 Å². The minimum absolute atomic E-state index is 0.0171. The van der Waals surface area contributed by atoms with Crippen molar-refractivity contribution >= 4 is 11.8 Å². The number of nitrogens with zero attached hydrogens (tertiary/aromatic N) is 2. The predicted molar refractivity (Wildman–Crippen MR) is 142 cm³/mol. The number of halogens is 4. The number of hydrogen-bond donors (Lipinski definition) is 2. The van der Waals surface area contributed by atoms with Crippen molar-refractivity contribution in [2.24, 2.45) is 11.3 Å². The van der Waals surface area contributed by atoms with Crippen molar-refractivity contribution < 1.29 is 31.9 Å². The predicted octanol–water partition coefficient (Wildman–Crippen LogP) is 4.97. The molecule has 2 fully saturated rings. The van der Waals surface area contributed by atoms with Crippen LogP contribution < -0.4 is 15.4 Å². The van der Waals surface area contributed by atoms with Gasteiger partial charge in [0.05, 0.1) is 35.0 Å². The first-order chi connectivity index (χ1) is 18.8. The molecule has 218 valence electrons. The summed E-state index contributed by atoms with van der Waals surface area (Å²) in [4.78, 5) is 31.2. The van der Waals surface area contributed by atoms with Crippen molar-refractivity contribution in [3.8, 4) is 17.0 Å². The summed E-state index contributed by atoms with van der Waals surface area (Å²) in [5, 5.41) is 5.35. The van der Waals surface area contributed by atoms with Gasteiger partial charge in [-0.2, -0.15) is 13.2 Å². The number of likely N-dealkylation sites (tertiary alicyclic amines) is 1. The second-order valence-electron chi connectivity index (χ2n) is 11.6. The Morgan fingerprint density at radius 1 is 1.18 bits per heavy atom. The third-order valence-electron chi connectivity index (χ3n) is 7.92. The van der Waals surface area contributed by atoms with Crippen LogP contribution in [0.3, 0.4) is 0 Å². The Kier molecular flexibility index (Phi) is 8.84. The summed E-state index contributed by atoms with van der Waals surface area (Å²) in [5.74, 6) is -1.27. The highest BCUT2D eigenvalue weighted by molar-refractivity contribution is 6.07. The van der Waals surface area contributed by atoms with E-state index in [1.807, 2.05) is 4.90 Å².